The van der Waals surface area contributed by atoms with Gasteiger partial charge in [0.1, 0.15) is 35.4 Å². The SMILES string of the molecule is Cc1cc2cc(C(=O)O)cc(O[C@H]3O[C@H](CO)[C@@]4(C[C@H]5C6=C(CC=C6[C@H]6COC[C@@H]7CCC[C@H]5[C@H]76)CO4)[C@H](O)[C@H]3O)c2c(O)c1C(=O)CCc1ccccc1. The zero-order chi connectivity index (χ0) is 38.2. The van der Waals surface area contributed by atoms with Crippen LogP contribution in [0.25, 0.3) is 10.8 Å². The topological polar surface area (TPSA) is 172 Å². The molecule has 3 aliphatic carbocycles. The van der Waals surface area contributed by atoms with Crippen LogP contribution in [0, 0.1) is 36.5 Å². The van der Waals surface area contributed by atoms with Gasteiger partial charge in [-0.2, -0.15) is 0 Å². The van der Waals surface area contributed by atoms with Crippen LogP contribution in [0.1, 0.15) is 70.4 Å². The van der Waals surface area contributed by atoms with Gasteiger partial charge in [-0.05, 0) is 108 Å². The number of carbonyl (C=O) groups is 2. The first kappa shape index (κ1) is 36.5. The predicted molar refractivity (Wildman–Crippen MR) is 200 cm³/mol. The minimum absolute atomic E-state index is 0.0413. The molecule has 290 valence electrons. The first-order valence-electron chi connectivity index (χ1n) is 19.6. The maximum absolute atomic E-state index is 13.6. The molecule has 0 unspecified atom stereocenters. The molecule has 0 aromatic heterocycles. The number of Topliss-reactive ketones (excluding diaryl/α,β-unsaturated/α-hetero) is 1. The van der Waals surface area contributed by atoms with E-state index >= 15 is 0 Å². The summed E-state index contributed by atoms with van der Waals surface area (Å²) in [6.07, 6.45) is 1.31. The van der Waals surface area contributed by atoms with E-state index in [1.54, 1.807) is 13.0 Å². The summed E-state index contributed by atoms with van der Waals surface area (Å²) in [6.45, 7) is 2.81. The number of aromatic carboxylic acids is 1. The Morgan fingerprint density at radius 2 is 1.85 bits per heavy atom. The molecule has 5 N–H and O–H groups in total. The number of carbonyl (C=O) groups excluding carboxylic acids is 1. The van der Waals surface area contributed by atoms with Crippen molar-refractivity contribution >= 4 is 22.5 Å². The van der Waals surface area contributed by atoms with Gasteiger partial charge in [0.2, 0.25) is 6.29 Å². The van der Waals surface area contributed by atoms with Crippen molar-refractivity contribution in [3.05, 3.63) is 93.6 Å². The molecule has 0 bridgehead atoms. The molecule has 3 aromatic rings. The van der Waals surface area contributed by atoms with E-state index in [0.717, 1.165) is 43.4 Å². The molecule has 55 heavy (non-hydrogen) atoms. The number of phenols is 1. The van der Waals surface area contributed by atoms with Crippen LogP contribution in [0.3, 0.4) is 0 Å². The van der Waals surface area contributed by atoms with E-state index in [0.29, 0.717) is 54.1 Å². The number of phenolic OH excluding ortho intramolecular Hbond substituents is 1. The summed E-state index contributed by atoms with van der Waals surface area (Å²) in [5, 5.41) is 57.1. The predicted octanol–water partition coefficient (Wildman–Crippen LogP) is 5.28. The molecule has 0 radical (unpaired) electrons. The number of hydrogen-bond donors (Lipinski definition) is 5. The van der Waals surface area contributed by atoms with Gasteiger partial charge in [0.25, 0.3) is 0 Å². The molecular formula is C44H48O11. The Morgan fingerprint density at radius 3 is 2.64 bits per heavy atom. The van der Waals surface area contributed by atoms with E-state index in [9.17, 15) is 35.1 Å². The molecule has 11 nitrogen and oxygen atoms in total. The average Bonchev–Trinajstić information content (AvgIpc) is 3.54. The second-order valence-corrected chi connectivity index (χ2v) is 16.4. The standard InChI is InChI=1S/C44H48O11/c1-22-14-26-15-27(42(50)51)16-33(38(26)39(47)35(22)32(46)13-10-23-6-3-2-4-7-23)54-43-40(48)41(49)44(34(18-45)55-43)17-30-28-9-5-8-24-19-52-21-31(37(24)28)29-12-11-25(20-53-44)36(29)30/h2-4,6-7,12,14-16,24,28,30-31,34,37,40-41,43,45,47-49H,5,8-11,13,17-21H2,1H3,(H,50,51)/t24-,28+,30+,31+,34+,37-,40+,41+,43-,44-/m0/s1. The number of carboxylic acid groups (broad SMARTS) is 1. The fraction of sp³-hybridized carbons (Fsp3) is 0.500. The third kappa shape index (κ3) is 5.93. The number of aliphatic hydroxyl groups excluding tert-OH is 3. The fourth-order valence-corrected chi connectivity index (χ4v) is 11.2. The zero-order valence-electron chi connectivity index (χ0n) is 30.9. The summed E-state index contributed by atoms with van der Waals surface area (Å²) in [7, 11) is 0. The third-order valence-electron chi connectivity index (χ3n) is 13.6. The van der Waals surface area contributed by atoms with E-state index in [1.807, 2.05) is 30.3 Å². The molecule has 10 atom stereocenters. The summed E-state index contributed by atoms with van der Waals surface area (Å²) >= 11 is 0. The highest BCUT2D eigenvalue weighted by atomic mass is 16.7. The number of fused-ring (bicyclic) bond motifs is 3. The second kappa shape index (κ2) is 14.1. The Hall–Kier alpha value is -4.10. The van der Waals surface area contributed by atoms with Crippen molar-refractivity contribution in [3.8, 4) is 11.5 Å². The Labute approximate surface area is 319 Å². The van der Waals surface area contributed by atoms with Crippen LogP contribution >= 0.6 is 0 Å². The van der Waals surface area contributed by atoms with Crippen LogP contribution in [-0.2, 0) is 20.6 Å². The van der Waals surface area contributed by atoms with Crippen LogP contribution < -0.4 is 4.74 Å². The molecule has 11 heteroatoms. The lowest BCUT2D eigenvalue weighted by atomic mass is 9.52. The smallest absolute Gasteiger partial charge is 0.335 e. The van der Waals surface area contributed by atoms with Gasteiger partial charge in [0.15, 0.2) is 5.78 Å². The molecule has 1 spiro atoms. The number of benzene rings is 3. The molecule has 4 fully saturated rings. The number of carboxylic acids is 1. The normalized spacial score (nSPS) is 33.8. The van der Waals surface area contributed by atoms with E-state index in [2.05, 4.69) is 6.08 Å². The second-order valence-electron chi connectivity index (χ2n) is 16.4. The Balaban J connectivity index is 1.04. The highest BCUT2D eigenvalue weighted by Gasteiger charge is 2.62. The van der Waals surface area contributed by atoms with Gasteiger partial charge >= 0.3 is 5.97 Å². The highest BCUT2D eigenvalue weighted by molar-refractivity contribution is 6.09. The maximum atomic E-state index is 13.6. The number of rotatable bonds is 8. The minimum Gasteiger partial charge on any atom is -0.506 e. The van der Waals surface area contributed by atoms with Crippen LogP contribution in [0.15, 0.2) is 71.3 Å². The lowest BCUT2D eigenvalue weighted by Crippen LogP contribution is -2.69. The number of allylic oxidation sites excluding steroid dienone is 2. The van der Waals surface area contributed by atoms with Gasteiger partial charge in [0, 0.05) is 18.9 Å². The monoisotopic (exact) mass is 752 g/mol. The van der Waals surface area contributed by atoms with Crippen molar-refractivity contribution in [1.82, 2.24) is 0 Å². The first-order valence-corrected chi connectivity index (χ1v) is 19.6. The minimum atomic E-state index is -1.69. The summed E-state index contributed by atoms with van der Waals surface area (Å²) in [4.78, 5) is 25.9. The number of aromatic hydroxyl groups is 1. The zero-order valence-corrected chi connectivity index (χ0v) is 30.9. The van der Waals surface area contributed by atoms with Crippen LogP contribution in [-0.4, -0.2) is 93.9 Å². The van der Waals surface area contributed by atoms with Crippen molar-refractivity contribution in [3.63, 3.8) is 0 Å². The molecule has 0 amide bonds. The van der Waals surface area contributed by atoms with Crippen molar-refractivity contribution in [2.24, 2.45) is 29.6 Å². The largest absolute Gasteiger partial charge is 0.506 e. The van der Waals surface area contributed by atoms with E-state index in [-0.39, 0.29) is 52.7 Å². The van der Waals surface area contributed by atoms with Crippen molar-refractivity contribution in [1.29, 1.82) is 0 Å². The van der Waals surface area contributed by atoms with Crippen LogP contribution in [0.4, 0.5) is 0 Å². The highest BCUT2D eigenvalue weighted by Crippen LogP contribution is 2.61. The van der Waals surface area contributed by atoms with Gasteiger partial charge in [-0.15, -0.1) is 0 Å². The first-order chi connectivity index (χ1) is 26.6. The number of hydrogen-bond acceptors (Lipinski definition) is 10. The van der Waals surface area contributed by atoms with E-state index in [1.165, 1.54) is 23.3 Å². The average molecular weight is 753 g/mol. The molecule has 3 aliphatic heterocycles. The van der Waals surface area contributed by atoms with Crippen LogP contribution in [0.2, 0.25) is 0 Å². The summed E-state index contributed by atoms with van der Waals surface area (Å²) in [5.74, 6) is -0.465. The van der Waals surface area contributed by atoms with E-state index in [4.69, 9.17) is 18.9 Å². The van der Waals surface area contributed by atoms with Gasteiger partial charge in [0.05, 0.1) is 36.3 Å². The number of aliphatic hydroxyl groups is 3. The molecule has 3 aromatic carbocycles. The Kier molecular flexibility index (Phi) is 9.38. The Morgan fingerprint density at radius 1 is 1.04 bits per heavy atom. The molecule has 2 saturated heterocycles. The van der Waals surface area contributed by atoms with Crippen molar-refractivity contribution in [2.75, 3.05) is 26.4 Å². The lowest BCUT2D eigenvalue weighted by Gasteiger charge is -2.56. The summed E-state index contributed by atoms with van der Waals surface area (Å²) in [6, 6.07) is 13.7. The van der Waals surface area contributed by atoms with E-state index < -0.39 is 42.8 Å². The molecule has 2 saturated carbocycles. The summed E-state index contributed by atoms with van der Waals surface area (Å²) < 4.78 is 25.4. The summed E-state index contributed by atoms with van der Waals surface area (Å²) in [5.41, 5.74) is 3.68. The fourth-order valence-electron chi connectivity index (χ4n) is 11.2. The molecule has 9 rings (SSSR count). The van der Waals surface area contributed by atoms with Crippen LogP contribution in [0.5, 0.6) is 11.5 Å². The van der Waals surface area contributed by atoms with Gasteiger partial charge < -0.3 is 44.5 Å². The quantitative estimate of drug-likeness (QED) is 0.190. The van der Waals surface area contributed by atoms with Gasteiger partial charge in [-0.25, -0.2) is 4.79 Å². The maximum Gasteiger partial charge on any atom is 0.335 e. The van der Waals surface area contributed by atoms with Gasteiger partial charge in [-0.1, -0.05) is 48.9 Å². The third-order valence-corrected chi connectivity index (χ3v) is 13.6. The molecular weight excluding hydrogens is 704 g/mol. The van der Waals surface area contributed by atoms with Crippen molar-refractivity contribution in [2.45, 2.75) is 82.1 Å². The number of ketones is 1. The van der Waals surface area contributed by atoms with Gasteiger partial charge in [-0.3, -0.25) is 4.79 Å². The lowest BCUT2D eigenvalue weighted by molar-refractivity contribution is -0.326. The molecule has 3 heterocycles. The molecule has 6 aliphatic rings. The number of aryl methyl sites for hydroxylation is 2. The Bertz CT molecular complexity index is 2080. The number of ether oxygens (including phenoxy) is 4. The van der Waals surface area contributed by atoms with Crippen molar-refractivity contribution < 1.29 is 54.1 Å².